The van der Waals surface area contributed by atoms with Gasteiger partial charge in [0.2, 0.25) is 0 Å². The van der Waals surface area contributed by atoms with Gasteiger partial charge in [0.05, 0.1) is 0 Å². The van der Waals surface area contributed by atoms with Gasteiger partial charge in [-0.2, -0.15) is 0 Å². The molecular weight excluding hydrogens is 160 g/mol. The van der Waals surface area contributed by atoms with Gasteiger partial charge in [-0.3, -0.25) is 0 Å². The second-order valence-electron chi connectivity index (χ2n) is 0. The minimum Gasteiger partial charge on any atom is -1.00 e. The van der Waals surface area contributed by atoms with Crippen molar-refractivity contribution in [1.82, 2.24) is 0 Å². The average molecular weight is 164 g/mol. The van der Waals surface area contributed by atoms with E-state index in [9.17, 15) is 0 Å². The standard InChI is InChI=1S/C2H4.2ClH.Zn/c1-2;;;/h1-2H2;2*1H;/q;;;+2/p-2. The fourth-order valence-electron chi connectivity index (χ4n) is 0. The Balaban J connectivity index is -0.00000000167. The first-order valence-corrected chi connectivity index (χ1v) is 0.500. The Hall–Kier alpha value is 0.943. The first-order valence-electron chi connectivity index (χ1n) is 0.500. The van der Waals surface area contributed by atoms with E-state index in [4.69, 9.17) is 0 Å². The summed E-state index contributed by atoms with van der Waals surface area (Å²) in [5.74, 6) is 0. The SMILES string of the molecule is C=C.[Cl-].[Cl-].[Zn+2]. The molecule has 0 heterocycles. The molecule has 0 bridgehead atoms. The summed E-state index contributed by atoms with van der Waals surface area (Å²) in [5, 5.41) is 0. The van der Waals surface area contributed by atoms with Crippen molar-refractivity contribution in [3.8, 4) is 0 Å². The molecule has 28 valence electrons. The monoisotopic (exact) mass is 162 g/mol. The van der Waals surface area contributed by atoms with E-state index in [-0.39, 0.29) is 44.3 Å². The van der Waals surface area contributed by atoms with Crippen LogP contribution in [0.1, 0.15) is 0 Å². The van der Waals surface area contributed by atoms with Gasteiger partial charge in [0.1, 0.15) is 0 Å². The number of hydrogen-bond donors (Lipinski definition) is 0. The third kappa shape index (κ3) is 48.1. The third-order valence-corrected chi connectivity index (χ3v) is 0. The maximum absolute atomic E-state index is 3.00. The zero-order valence-electron chi connectivity index (χ0n) is 2.88. The topological polar surface area (TPSA) is 0 Å². The summed E-state index contributed by atoms with van der Waals surface area (Å²) in [6, 6.07) is 0. The molecule has 0 radical (unpaired) electrons. The zero-order chi connectivity index (χ0) is 2.00. The third-order valence-electron chi connectivity index (χ3n) is 0. The fraction of sp³-hybridized carbons (Fsp3) is 0. The van der Waals surface area contributed by atoms with Gasteiger partial charge in [0.25, 0.3) is 0 Å². The first-order chi connectivity index (χ1) is 1.00. The van der Waals surface area contributed by atoms with Crippen molar-refractivity contribution >= 4 is 0 Å². The van der Waals surface area contributed by atoms with E-state index in [0.29, 0.717) is 0 Å². The predicted molar refractivity (Wildman–Crippen MR) is 11.3 cm³/mol. The van der Waals surface area contributed by atoms with E-state index in [0.717, 1.165) is 0 Å². The van der Waals surface area contributed by atoms with E-state index in [1.54, 1.807) is 0 Å². The minimum atomic E-state index is 0. The van der Waals surface area contributed by atoms with Gasteiger partial charge in [-0.1, -0.05) is 0 Å². The molecule has 0 saturated carbocycles. The van der Waals surface area contributed by atoms with Crippen LogP contribution in [0.5, 0.6) is 0 Å². The molecule has 0 aliphatic heterocycles. The Bertz CT molecular complexity index is 7.61. The average Bonchev–Trinajstić information content (AvgIpc) is 1.00. The van der Waals surface area contributed by atoms with E-state index < -0.39 is 0 Å². The maximum atomic E-state index is 3.00. The minimum absolute atomic E-state index is 0. The van der Waals surface area contributed by atoms with E-state index >= 15 is 0 Å². The van der Waals surface area contributed by atoms with Crippen LogP contribution in [0, 0.1) is 0 Å². The molecule has 0 rings (SSSR count). The summed E-state index contributed by atoms with van der Waals surface area (Å²) in [7, 11) is 0. The Morgan fingerprint density at radius 3 is 0.800 bits per heavy atom. The van der Waals surface area contributed by atoms with Gasteiger partial charge in [-0.05, 0) is 0 Å². The van der Waals surface area contributed by atoms with Gasteiger partial charge < -0.3 is 24.8 Å². The molecular formula is C2H4Cl2Zn. The summed E-state index contributed by atoms with van der Waals surface area (Å²) >= 11 is 0. The smallest absolute Gasteiger partial charge is 1.00 e. The van der Waals surface area contributed by atoms with Crippen LogP contribution >= 0.6 is 0 Å². The van der Waals surface area contributed by atoms with Crippen LogP contribution in [0.15, 0.2) is 13.2 Å². The Labute approximate surface area is 57.6 Å². The molecule has 5 heavy (non-hydrogen) atoms. The molecule has 0 fully saturated rings. The van der Waals surface area contributed by atoms with Crippen molar-refractivity contribution < 1.29 is 44.3 Å². The number of rotatable bonds is 0. The van der Waals surface area contributed by atoms with Gasteiger partial charge in [0.15, 0.2) is 0 Å². The Morgan fingerprint density at radius 1 is 0.800 bits per heavy atom. The fourth-order valence-corrected chi connectivity index (χ4v) is 0. The van der Waals surface area contributed by atoms with Gasteiger partial charge in [0, 0.05) is 0 Å². The van der Waals surface area contributed by atoms with Crippen LogP contribution in [0.25, 0.3) is 0 Å². The van der Waals surface area contributed by atoms with Crippen molar-refractivity contribution in [2.45, 2.75) is 0 Å². The van der Waals surface area contributed by atoms with Crippen molar-refractivity contribution in [1.29, 1.82) is 0 Å². The molecule has 0 aromatic carbocycles. The first kappa shape index (κ1) is 38.5. The summed E-state index contributed by atoms with van der Waals surface area (Å²) in [6.45, 7) is 6.00. The number of hydrogen-bond acceptors (Lipinski definition) is 0. The van der Waals surface area contributed by atoms with E-state index in [1.807, 2.05) is 0 Å². The summed E-state index contributed by atoms with van der Waals surface area (Å²) in [6.07, 6.45) is 0. The Kier molecular flexibility index (Phi) is 664. The zero-order valence-corrected chi connectivity index (χ0v) is 7.36. The van der Waals surface area contributed by atoms with Crippen LogP contribution in [0.4, 0.5) is 0 Å². The van der Waals surface area contributed by atoms with Crippen molar-refractivity contribution in [3.63, 3.8) is 0 Å². The van der Waals surface area contributed by atoms with Crippen molar-refractivity contribution in [3.05, 3.63) is 13.2 Å². The summed E-state index contributed by atoms with van der Waals surface area (Å²) in [5.41, 5.74) is 0. The van der Waals surface area contributed by atoms with E-state index in [1.165, 1.54) is 0 Å². The second kappa shape index (κ2) is 86.4. The van der Waals surface area contributed by atoms with E-state index in [2.05, 4.69) is 13.2 Å². The molecule has 0 aromatic rings. The largest absolute Gasteiger partial charge is 2.00 e. The maximum Gasteiger partial charge on any atom is 2.00 e. The molecule has 0 unspecified atom stereocenters. The van der Waals surface area contributed by atoms with Crippen LogP contribution in [-0.4, -0.2) is 0 Å². The van der Waals surface area contributed by atoms with Crippen LogP contribution in [0.3, 0.4) is 0 Å². The van der Waals surface area contributed by atoms with Crippen LogP contribution in [0.2, 0.25) is 0 Å². The summed E-state index contributed by atoms with van der Waals surface area (Å²) < 4.78 is 0. The van der Waals surface area contributed by atoms with Gasteiger partial charge in [-0.15, -0.1) is 13.2 Å². The number of halogens is 2. The molecule has 0 aliphatic rings. The molecule has 0 nitrogen and oxygen atoms in total. The molecule has 0 aromatic heterocycles. The normalized spacial score (nSPS) is 0.800. The molecule has 0 amide bonds. The molecule has 3 heteroatoms. The molecule has 0 atom stereocenters. The Morgan fingerprint density at radius 2 is 0.800 bits per heavy atom. The predicted octanol–water partition coefficient (Wildman–Crippen LogP) is -5.19. The van der Waals surface area contributed by atoms with Gasteiger partial charge >= 0.3 is 19.5 Å². The van der Waals surface area contributed by atoms with Gasteiger partial charge in [-0.25, -0.2) is 0 Å². The van der Waals surface area contributed by atoms with Crippen LogP contribution < -0.4 is 24.8 Å². The second-order valence-corrected chi connectivity index (χ2v) is 0. The van der Waals surface area contributed by atoms with Crippen molar-refractivity contribution in [2.24, 2.45) is 0 Å². The van der Waals surface area contributed by atoms with Crippen LogP contribution in [-0.2, 0) is 19.5 Å². The molecule has 0 N–H and O–H groups in total. The molecule has 0 aliphatic carbocycles. The molecule has 0 spiro atoms. The summed E-state index contributed by atoms with van der Waals surface area (Å²) in [4.78, 5) is 0. The molecule has 0 saturated heterocycles. The van der Waals surface area contributed by atoms with Crippen molar-refractivity contribution in [2.75, 3.05) is 0 Å². The quantitative estimate of drug-likeness (QED) is 0.248.